The van der Waals surface area contributed by atoms with Gasteiger partial charge in [-0.05, 0) is 0 Å². The quantitative estimate of drug-likeness (QED) is 0.453. The van der Waals surface area contributed by atoms with Crippen molar-refractivity contribution in [3.05, 3.63) is 0 Å². The van der Waals surface area contributed by atoms with Crippen LogP contribution in [-0.4, -0.2) is 41.4 Å². The van der Waals surface area contributed by atoms with E-state index in [2.05, 4.69) is 0 Å². The van der Waals surface area contributed by atoms with Crippen LogP contribution in [-0.2, 0) is 9.47 Å². The van der Waals surface area contributed by atoms with Gasteiger partial charge in [-0.25, -0.2) is 0 Å². The van der Waals surface area contributed by atoms with E-state index < -0.39 is 18.5 Å². The van der Waals surface area contributed by atoms with Crippen LogP contribution in [0.2, 0.25) is 0 Å². The fourth-order valence-electron chi connectivity index (χ4n) is 1.36. The fraction of sp³-hybridized carbons (Fsp3) is 1.00. The largest absolute Gasteiger partial charge is 0.390 e. The van der Waals surface area contributed by atoms with Crippen LogP contribution in [0.3, 0.4) is 0 Å². The Kier molecular flexibility index (Phi) is 1.42. The Labute approximate surface area is 58.4 Å². The first-order chi connectivity index (χ1) is 4.77. The molecule has 2 aliphatic rings. The van der Waals surface area contributed by atoms with E-state index in [0.29, 0.717) is 13.0 Å². The Morgan fingerprint density at radius 2 is 2.10 bits per heavy atom. The summed E-state index contributed by atoms with van der Waals surface area (Å²) in [7, 11) is 0. The normalized spacial score (nSPS) is 53.4. The maximum Gasteiger partial charge on any atom is 0.186 e. The number of aliphatic hydroxyl groups excluding tert-OH is 2. The summed E-state index contributed by atoms with van der Waals surface area (Å²) >= 11 is 0. The highest BCUT2D eigenvalue weighted by atomic mass is 16.7. The van der Waals surface area contributed by atoms with Crippen LogP contribution in [0.1, 0.15) is 6.42 Å². The first-order valence-corrected chi connectivity index (χ1v) is 3.40. The number of aliphatic hydroxyl groups is 2. The smallest absolute Gasteiger partial charge is 0.186 e. The highest BCUT2D eigenvalue weighted by molar-refractivity contribution is 4.85. The van der Waals surface area contributed by atoms with Gasteiger partial charge in [0.05, 0.1) is 18.8 Å². The van der Waals surface area contributed by atoms with Gasteiger partial charge >= 0.3 is 0 Å². The predicted octanol–water partition coefficient (Wildman–Crippen LogP) is -1.15. The number of rotatable bonds is 0. The average Bonchev–Trinajstić information content (AvgIpc) is 2.29. The molecule has 0 aromatic carbocycles. The lowest BCUT2D eigenvalue weighted by Crippen LogP contribution is -2.43. The van der Waals surface area contributed by atoms with Crippen molar-refractivity contribution in [1.82, 2.24) is 0 Å². The first kappa shape index (κ1) is 6.54. The molecular formula is C6H10O4. The van der Waals surface area contributed by atoms with Crippen molar-refractivity contribution in [1.29, 1.82) is 0 Å². The number of hydrogen-bond acceptors (Lipinski definition) is 4. The zero-order valence-corrected chi connectivity index (χ0v) is 5.43. The Hall–Kier alpha value is -0.160. The van der Waals surface area contributed by atoms with Gasteiger partial charge in [0.2, 0.25) is 0 Å². The summed E-state index contributed by atoms with van der Waals surface area (Å²) in [6.45, 7) is 0.499. The van der Waals surface area contributed by atoms with E-state index >= 15 is 0 Å². The molecule has 0 amide bonds. The van der Waals surface area contributed by atoms with Crippen molar-refractivity contribution >= 4 is 0 Å². The molecule has 4 nitrogen and oxygen atoms in total. The predicted molar refractivity (Wildman–Crippen MR) is 31.2 cm³/mol. The summed E-state index contributed by atoms with van der Waals surface area (Å²) in [4.78, 5) is 0. The van der Waals surface area contributed by atoms with Crippen molar-refractivity contribution in [2.45, 2.75) is 31.0 Å². The van der Waals surface area contributed by atoms with E-state index in [1.165, 1.54) is 0 Å². The molecule has 2 bridgehead atoms. The molecular weight excluding hydrogens is 136 g/mol. The molecule has 0 aromatic rings. The van der Waals surface area contributed by atoms with Crippen molar-refractivity contribution in [2.24, 2.45) is 0 Å². The molecule has 2 N–H and O–H groups in total. The van der Waals surface area contributed by atoms with Crippen LogP contribution >= 0.6 is 0 Å². The minimum atomic E-state index is -0.862. The Balaban J connectivity index is 2.09. The zero-order chi connectivity index (χ0) is 7.14. The molecule has 4 atom stereocenters. The second-order valence-corrected chi connectivity index (χ2v) is 2.75. The van der Waals surface area contributed by atoms with Gasteiger partial charge in [0.1, 0.15) is 6.10 Å². The van der Waals surface area contributed by atoms with Gasteiger partial charge in [-0.15, -0.1) is 0 Å². The number of ether oxygens (including phenoxy) is 2. The van der Waals surface area contributed by atoms with E-state index in [1.807, 2.05) is 0 Å². The number of fused-ring (bicyclic) bond motifs is 2. The molecule has 2 heterocycles. The lowest BCUT2D eigenvalue weighted by molar-refractivity contribution is -0.192. The summed E-state index contributed by atoms with van der Waals surface area (Å²) in [5.74, 6) is 0. The molecule has 0 aliphatic carbocycles. The summed E-state index contributed by atoms with van der Waals surface area (Å²) < 4.78 is 10.2. The van der Waals surface area contributed by atoms with E-state index in [1.54, 1.807) is 0 Å². The van der Waals surface area contributed by atoms with Crippen LogP contribution in [0, 0.1) is 0 Å². The molecule has 0 saturated carbocycles. The van der Waals surface area contributed by atoms with Crippen molar-refractivity contribution in [3.63, 3.8) is 0 Å². The monoisotopic (exact) mass is 146 g/mol. The Morgan fingerprint density at radius 3 is 2.90 bits per heavy atom. The van der Waals surface area contributed by atoms with Crippen LogP contribution < -0.4 is 0 Å². The minimum absolute atomic E-state index is 0.0107. The number of hydrogen-bond donors (Lipinski definition) is 2. The van der Waals surface area contributed by atoms with Crippen LogP contribution in [0.15, 0.2) is 0 Å². The van der Waals surface area contributed by atoms with Crippen LogP contribution in [0.5, 0.6) is 0 Å². The van der Waals surface area contributed by atoms with Gasteiger partial charge in [-0.2, -0.15) is 0 Å². The van der Waals surface area contributed by atoms with Crippen molar-refractivity contribution in [2.75, 3.05) is 6.61 Å². The maximum atomic E-state index is 9.16. The second kappa shape index (κ2) is 2.17. The van der Waals surface area contributed by atoms with Gasteiger partial charge in [0.15, 0.2) is 6.29 Å². The molecule has 58 valence electrons. The topological polar surface area (TPSA) is 58.9 Å². The molecule has 0 spiro atoms. The van der Waals surface area contributed by atoms with Crippen molar-refractivity contribution in [3.8, 4) is 0 Å². The molecule has 2 saturated heterocycles. The summed E-state index contributed by atoms with van der Waals surface area (Å²) in [5, 5.41) is 18.3. The summed E-state index contributed by atoms with van der Waals surface area (Å²) in [6, 6.07) is 0. The average molecular weight is 146 g/mol. The van der Waals surface area contributed by atoms with E-state index in [0.717, 1.165) is 0 Å². The zero-order valence-electron chi connectivity index (χ0n) is 5.43. The Morgan fingerprint density at radius 1 is 1.30 bits per heavy atom. The van der Waals surface area contributed by atoms with Crippen LogP contribution in [0.25, 0.3) is 0 Å². The lowest BCUT2D eigenvalue weighted by Gasteiger charge is -2.27. The highest BCUT2D eigenvalue weighted by Gasteiger charge is 2.42. The minimum Gasteiger partial charge on any atom is -0.390 e. The third-order valence-electron chi connectivity index (χ3n) is 1.95. The van der Waals surface area contributed by atoms with Crippen LogP contribution in [0.4, 0.5) is 0 Å². The van der Waals surface area contributed by atoms with Gasteiger partial charge in [0, 0.05) is 6.42 Å². The third-order valence-corrected chi connectivity index (χ3v) is 1.95. The lowest BCUT2D eigenvalue weighted by atomic mass is 10.1. The highest BCUT2D eigenvalue weighted by Crippen LogP contribution is 2.26. The SMILES string of the molecule is O[C@@H]1[C@@H]2OC[C@H](C[C@@H]1O)O2. The van der Waals surface area contributed by atoms with Gasteiger partial charge in [-0.3, -0.25) is 0 Å². The summed E-state index contributed by atoms with van der Waals surface area (Å²) in [6.07, 6.45) is -1.65. The van der Waals surface area contributed by atoms with Gasteiger partial charge in [-0.1, -0.05) is 0 Å². The Bertz CT molecular complexity index is 138. The molecule has 0 unspecified atom stereocenters. The van der Waals surface area contributed by atoms with E-state index in [9.17, 15) is 0 Å². The maximum absolute atomic E-state index is 9.16. The summed E-state index contributed by atoms with van der Waals surface area (Å²) in [5.41, 5.74) is 0. The molecule has 2 aliphatic heterocycles. The fourth-order valence-corrected chi connectivity index (χ4v) is 1.36. The standard InChI is InChI=1S/C6H10O4/c7-4-1-3-2-9-6(10-3)5(4)8/h3-8H,1-2H2/t3-,4-,5-,6+/m0/s1. The molecule has 10 heavy (non-hydrogen) atoms. The first-order valence-electron chi connectivity index (χ1n) is 3.40. The van der Waals surface area contributed by atoms with Gasteiger partial charge in [0.25, 0.3) is 0 Å². The molecule has 2 rings (SSSR count). The molecule has 0 radical (unpaired) electrons. The van der Waals surface area contributed by atoms with Gasteiger partial charge < -0.3 is 19.7 Å². The molecule has 4 heteroatoms. The van der Waals surface area contributed by atoms with E-state index in [4.69, 9.17) is 19.7 Å². The molecule has 0 aromatic heterocycles. The third kappa shape index (κ3) is 0.845. The van der Waals surface area contributed by atoms with Crippen molar-refractivity contribution < 1.29 is 19.7 Å². The second-order valence-electron chi connectivity index (χ2n) is 2.75. The van der Waals surface area contributed by atoms with E-state index in [-0.39, 0.29) is 6.10 Å². The molecule has 2 fully saturated rings.